The van der Waals surface area contributed by atoms with Gasteiger partial charge < -0.3 is 25.0 Å². The number of aromatic nitrogens is 4. The molecule has 0 radical (unpaired) electrons. The molecule has 0 spiro atoms. The summed E-state index contributed by atoms with van der Waals surface area (Å²) in [7, 11) is 0. The number of hydrogen-bond acceptors (Lipinski definition) is 8. The van der Waals surface area contributed by atoms with E-state index in [4.69, 9.17) is 9.47 Å². The van der Waals surface area contributed by atoms with Crippen molar-refractivity contribution < 1.29 is 19.1 Å². The molecule has 2 amide bonds. The van der Waals surface area contributed by atoms with Gasteiger partial charge in [0.15, 0.2) is 11.5 Å². The second-order valence-electron chi connectivity index (χ2n) is 7.71. The third-order valence-corrected chi connectivity index (χ3v) is 5.44. The smallest absolute Gasteiger partial charge is 0.254 e. The summed E-state index contributed by atoms with van der Waals surface area (Å²) in [6, 6.07) is 7.27. The lowest BCUT2D eigenvalue weighted by atomic mass is 10.1. The van der Waals surface area contributed by atoms with Crippen molar-refractivity contribution in [2.75, 3.05) is 43.1 Å². The number of aryl methyl sites for hydroxylation is 1. The number of nitrogens with zero attached hydrogens (tertiary/aromatic N) is 5. The maximum atomic E-state index is 12.6. The average molecular weight is 437 g/mol. The quantitative estimate of drug-likeness (QED) is 0.543. The molecule has 0 unspecified atom stereocenters. The van der Waals surface area contributed by atoms with Crippen LogP contribution in [0.2, 0.25) is 0 Å². The van der Waals surface area contributed by atoms with Crippen LogP contribution in [0.3, 0.4) is 0 Å². The Kier molecular flexibility index (Phi) is 5.21. The summed E-state index contributed by atoms with van der Waals surface area (Å²) in [5, 5.41) is 10.3. The third-order valence-electron chi connectivity index (χ3n) is 5.44. The fourth-order valence-corrected chi connectivity index (χ4v) is 3.91. The number of fused-ring (bicyclic) bond motifs is 2. The summed E-state index contributed by atoms with van der Waals surface area (Å²) >= 11 is 0. The van der Waals surface area contributed by atoms with Crippen LogP contribution in [0.5, 0.6) is 11.5 Å². The Labute approximate surface area is 183 Å². The van der Waals surface area contributed by atoms with Crippen LogP contribution >= 0.6 is 0 Å². The van der Waals surface area contributed by atoms with Crippen LogP contribution in [0, 0.1) is 12.8 Å². The van der Waals surface area contributed by atoms with Crippen molar-refractivity contribution in [2.45, 2.75) is 13.3 Å². The van der Waals surface area contributed by atoms with Crippen molar-refractivity contribution in [3.63, 3.8) is 0 Å². The van der Waals surface area contributed by atoms with E-state index < -0.39 is 5.92 Å². The number of benzene rings is 1. The molecular formula is C21H23N7O4. The maximum absolute atomic E-state index is 12.6. The summed E-state index contributed by atoms with van der Waals surface area (Å²) in [5.74, 6) is 1.92. The molecule has 4 heterocycles. The fourth-order valence-electron chi connectivity index (χ4n) is 3.91. The zero-order chi connectivity index (χ0) is 22.1. The predicted molar refractivity (Wildman–Crippen MR) is 115 cm³/mol. The number of carbonyl (C=O) groups excluding carboxylic acids is 2. The van der Waals surface area contributed by atoms with Gasteiger partial charge >= 0.3 is 0 Å². The van der Waals surface area contributed by atoms with E-state index in [0.29, 0.717) is 55.8 Å². The zero-order valence-electron chi connectivity index (χ0n) is 17.6. The fraction of sp³-hybridized carbons (Fsp3) is 0.381. The largest absolute Gasteiger partial charge is 0.486 e. The van der Waals surface area contributed by atoms with Crippen LogP contribution < -0.4 is 25.0 Å². The molecule has 2 aliphatic rings. The summed E-state index contributed by atoms with van der Waals surface area (Å²) < 4.78 is 12.7. The molecule has 3 aromatic rings. The van der Waals surface area contributed by atoms with Crippen molar-refractivity contribution in [3.05, 3.63) is 36.3 Å². The lowest BCUT2D eigenvalue weighted by molar-refractivity contribution is -0.126. The van der Waals surface area contributed by atoms with Gasteiger partial charge in [0.05, 0.1) is 5.92 Å². The first-order valence-corrected chi connectivity index (χ1v) is 10.5. The van der Waals surface area contributed by atoms with Crippen LogP contribution in [-0.2, 0) is 9.59 Å². The first-order valence-electron chi connectivity index (χ1n) is 10.5. The Morgan fingerprint density at radius 1 is 1.19 bits per heavy atom. The van der Waals surface area contributed by atoms with Crippen LogP contribution in [0.4, 0.5) is 11.5 Å². The Hall–Kier alpha value is -3.89. The van der Waals surface area contributed by atoms with Crippen molar-refractivity contribution in [2.24, 2.45) is 5.92 Å². The van der Waals surface area contributed by atoms with Crippen molar-refractivity contribution in [1.82, 2.24) is 24.9 Å². The molecule has 0 bridgehead atoms. The lowest BCUT2D eigenvalue weighted by Gasteiger charge is -2.22. The Morgan fingerprint density at radius 2 is 2.03 bits per heavy atom. The number of anilines is 2. The van der Waals surface area contributed by atoms with Crippen LogP contribution in [0.25, 0.3) is 5.78 Å². The highest BCUT2D eigenvalue weighted by Crippen LogP contribution is 2.35. The number of hydrogen-bond donors (Lipinski definition) is 2. The van der Waals surface area contributed by atoms with E-state index >= 15 is 0 Å². The highest BCUT2D eigenvalue weighted by molar-refractivity contribution is 6.00. The van der Waals surface area contributed by atoms with E-state index in [1.54, 1.807) is 21.5 Å². The minimum Gasteiger partial charge on any atom is -0.486 e. The number of nitrogens with one attached hydrogen (secondary N) is 2. The molecule has 2 aromatic heterocycles. The molecule has 32 heavy (non-hydrogen) atoms. The molecule has 11 heteroatoms. The topological polar surface area (TPSA) is 123 Å². The van der Waals surface area contributed by atoms with E-state index in [1.807, 2.05) is 19.1 Å². The van der Waals surface area contributed by atoms with Gasteiger partial charge in [-0.3, -0.25) is 9.59 Å². The Balaban J connectivity index is 1.15. The number of carbonyl (C=O) groups is 2. The second-order valence-corrected chi connectivity index (χ2v) is 7.71. The highest BCUT2D eigenvalue weighted by atomic mass is 16.6. The van der Waals surface area contributed by atoms with E-state index in [2.05, 4.69) is 25.7 Å². The molecule has 1 atom stereocenters. The van der Waals surface area contributed by atoms with Gasteiger partial charge in [-0.25, -0.2) is 4.98 Å². The van der Waals surface area contributed by atoms with E-state index in [-0.39, 0.29) is 18.2 Å². The van der Waals surface area contributed by atoms with E-state index in [1.165, 1.54) is 6.33 Å². The first kappa shape index (κ1) is 20.0. The number of rotatable bonds is 6. The Morgan fingerprint density at radius 3 is 2.91 bits per heavy atom. The van der Waals surface area contributed by atoms with Crippen LogP contribution in [0.1, 0.15) is 12.1 Å². The molecule has 1 saturated heterocycles. The number of ether oxygens (including phenoxy) is 2. The van der Waals surface area contributed by atoms with E-state index in [0.717, 1.165) is 11.5 Å². The molecule has 5 rings (SSSR count). The van der Waals surface area contributed by atoms with Gasteiger partial charge in [0, 0.05) is 49.6 Å². The van der Waals surface area contributed by atoms with Gasteiger partial charge in [-0.1, -0.05) is 0 Å². The molecule has 0 aliphatic carbocycles. The van der Waals surface area contributed by atoms with Crippen LogP contribution in [-0.4, -0.2) is 64.2 Å². The first-order chi connectivity index (χ1) is 15.6. The molecule has 0 saturated carbocycles. The molecule has 11 nitrogen and oxygen atoms in total. The standard InChI is InChI=1S/C21H23N7O4/c1-13-8-18(28-21(26-13)24-12-25-28)22-4-5-23-20(30)14-9-19(29)27(11-14)15-2-3-16-17(10-15)32-7-6-31-16/h2-3,8,10,12,14,22H,4-7,9,11H2,1H3,(H,23,30)/t14-/m0/s1. The molecule has 166 valence electrons. The minimum atomic E-state index is -0.402. The summed E-state index contributed by atoms with van der Waals surface area (Å²) in [4.78, 5) is 35.2. The van der Waals surface area contributed by atoms with Crippen LogP contribution in [0.15, 0.2) is 30.6 Å². The predicted octanol–water partition coefficient (Wildman–Crippen LogP) is 0.785. The third kappa shape index (κ3) is 3.88. The number of amides is 2. The van der Waals surface area contributed by atoms with Gasteiger partial charge in [0.25, 0.3) is 5.78 Å². The van der Waals surface area contributed by atoms with Gasteiger partial charge in [-0.05, 0) is 19.1 Å². The summed E-state index contributed by atoms with van der Waals surface area (Å²) in [6.07, 6.45) is 1.62. The van der Waals surface area contributed by atoms with Crippen molar-refractivity contribution in [1.29, 1.82) is 0 Å². The Bertz CT molecular complexity index is 1180. The zero-order valence-corrected chi connectivity index (χ0v) is 17.6. The molecular weight excluding hydrogens is 414 g/mol. The van der Waals surface area contributed by atoms with Crippen molar-refractivity contribution >= 4 is 29.1 Å². The van der Waals surface area contributed by atoms with E-state index in [9.17, 15) is 9.59 Å². The lowest BCUT2D eigenvalue weighted by Crippen LogP contribution is -2.35. The molecule has 1 aromatic carbocycles. The van der Waals surface area contributed by atoms with Crippen molar-refractivity contribution in [3.8, 4) is 11.5 Å². The SMILES string of the molecule is Cc1cc(NCCNC(=O)[C@H]2CC(=O)N(c3ccc4c(c3)OCCO4)C2)n2ncnc2n1. The monoisotopic (exact) mass is 437 g/mol. The highest BCUT2D eigenvalue weighted by Gasteiger charge is 2.35. The normalized spacial score (nSPS) is 17.6. The molecule has 2 N–H and O–H groups in total. The van der Waals surface area contributed by atoms with Gasteiger partial charge in [-0.2, -0.15) is 14.6 Å². The van der Waals surface area contributed by atoms with Gasteiger partial charge in [0.2, 0.25) is 11.8 Å². The molecule has 2 aliphatic heterocycles. The maximum Gasteiger partial charge on any atom is 0.254 e. The second kappa shape index (κ2) is 8.33. The molecule has 1 fully saturated rings. The minimum absolute atomic E-state index is 0.0826. The average Bonchev–Trinajstić information content (AvgIpc) is 3.42. The summed E-state index contributed by atoms with van der Waals surface area (Å²) in [6.45, 7) is 4.11. The van der Waals surface area contributed by atoms with Gasteiger partial charge in [-0.15, -0.1) is 0 Å². The van der Waals surface area contributed by atoms with Gasteiger partial charge in [0.1, 0.15) is 25.4 Å². The summed E-state index contributed by atoms with van der Waals surface area (Å²) in [5.41, 5.74) is 1.53.